The Bertz CT molecular complexity index is 1580. The number of aryl methyl sites for hydroxylation is 1. The number of hydrogen-bond acceptors (Lipinski definition) is 5. The smallest absolute Gasteiger partial charge is 0.420 e. The lowest BCUT2D eigenvalue weighted by molar-refractivity contribution is -0.139. The van der Waals surface area contributed by atoms with Gasteiger partial charge in [0.2, 0.25) is 0 Å². The number of amides is 1. The summed E-state index contributed by atoms with van der Waals surface area (Å²) in [6.45, 7) is 3.39. The minimum Gasteiger partial charge on any atom is -0.490 e. The minimum atomic E-state index is -4.64. The van der Waals surface area contributed by atoms with Crippen LogP contribution in [0.15, 0.2) is 61.2 Å². The fourth-order valence-corrected chi connectivity index (χ4v) is 4.38. The number of aromatic nitrogens is 3. The van der Waals surface area contributed by atoms with Crippen LogP contribution in [0.4, 0.5) is 18.9 Å². The zero-order chi connectivity index (χ0) is 27.6. The first-order chi connectivity index (χ1) is 18.7. The van der Waals surface area contributed by atoms with Gasteiger partial charge in [-0.1, -0.05) is 12.0 Å². The maximum Gasteiger partial charge on any atom is 0.420 e. The van der Waals surface area contributed by atoms with E-state index in [0.717, 1.165) is 24.7 Å². The van der Waals surface area contributed by atoms with E-state index >= 15 is 0 Å². The first-order valence-corrected chi connectivity index (χ1v) is 12.4. The van der Waals surface area contributed by atoms with E-state index < -0.39 is 17.6 Å². The molecule has 200 valence electrons. The molecule has 0 aliphatic carbocycles. The summed E-state index contributed by atoms with van der Waals surface area (Å²) in [7, 11) is 1.97. The number of piperidine rings is 1. The first-order valence-electron chi connectivity index (χ1n) is 12.4. The third kappa shape index (κ3) is 6.04. The van der Waals surface area contributed by atoms with Crippen molar-refractivity contribution in [3.05, 3.63) is 89.1 Å². The molecule has 10 heteroatoms. The summed E-state index contributed by atoms with van der Waals surface area (Å²) < 4.78 is 49.2. The van der Waals surface area contributed by atoms with E-state index in [1.807, 2.05) is 14.0 Å². The largest absolute Gasteiger partial charge is 0.490 e. The fourth-order valence-electron chi connectivity index (χ4n) is 4.38. The Hall–Kier alpha value is -4.36. The monoisotopic (exact) mass is 533 g/mol. The third-order valence-corrected chi connectivity index (χ3v) is 6.64. The Morgan fingerprint density at radius 3 is 2.67 bits per heavy atom. The van der Waals surface area contributed by atoms with Crippen LogP contribution in [0.2, 0.25) is 0 Å². The highest BCUT2D eigenvalue weighted by atomic mass is 19.4. The molecule has 4 aromatic rings. The zero-order valence-electron chi connectivity index (χ0n) is 21.4. The van der Waals surface area contributed by atoms with Gasteiger partial charge >= 0.3 is 6.18 Å². The number of ether oxygens (including phenoxy) is 1. The molecule has 0 radical (unpaired) electrons. The van der Waals surface area contributed by atoms with Gasteiger partial charge in [-0.25, -0.2) is 4.98 Å². The van der Waals surface area contributed by atoms with Crippen molar-refractivity contribution in [3.63, 3.8) is 0 Å². The summed E-state index contributed by atoms with van der Waals surface area (Å²) in [6.07, 6.45) is 3.02. The van der Waals surface area contributed by atoms with E-state index in [9.17, 15) is 18.0 Å². The number of hydrogen-bond donors (Lipinski definition) is 1. The minimum absolute atomic E-state index is 0.0237. The van der Waals surface area contributed by atoms with Crippen LogP contribution in [0, 0.1) is 18.8 Å². The average molecular weight is 534 g/mol. The van der Waals surface area contributed by atoms with Crippen LogP contribution in [0.1, 0.15) is 45.6 Å². The van der Waals surface area contributed by atoms with Crippen LogP contribution >= 0.6 is 0 Å². The highest BCUT2D eigenvalue weighted by molar-refractivity contribution is 6.04. The van der Waals surface area contributed by atoms with E-state index in [2.05, 4.69) is 32.0 Å². The van der Waals surface area contributed by atoms with E-state index in [-0.39, 0.29) is 23.1 Å². The van der Waals surface area contributed by atoms with Crippen molar-refractivity contribution in [1.82, 2.24) is 19.3 Å². The Balaban J connectivity index is 1.35. The van der Waals surface area contributed by atoms with Crippen LogP contribution in [-0.4, -0.2) is 51.4 Å². The number of rotatable bonds is 4. The van der Waals surface area contributed by atoms with Gasteiger partial charge in [-0.05, 0) is 68.6 Å². The maximum atomic E-state index is 13.9. The van der Waals surface area contributed by atoms with Gasteiger partial charge in [0, 0.05) is 42.3 Å². The van der Waals surface area contributed by atoms with Crippen molar-refractivity contribution >= 4 is 17.2 Å². The maximum absolute atomic E-state index is 13.9. The van der Waals surface area contributed by atoms with Crippen molar-refractivity contribution in [2.45, 2.75) is 32.0 Å². The summed E-state index contributed by atoms with van der Waals surface area (Å²) in [6, 6.07) is 8.58. The second kappa shape index (κ2) is 10.8. The number of carbonyl (C=O) groups is 1. The van der Waals surface area contributed by atoms with Gasteiger partial charge in [-0.3, -0.25) is 14.2 Å². The molecule has 1 saturated heterocycles. The van der Waals surface area contributed by atoms with E-state index in [1.54, 1.807) is 47.4 Å². The second-order valence-electron chi connectivity index (χ2n) is 9.51. The highest BCUT2D eigenvalue weighted by Crippen LogP contribution is 2.39. The predicted octanol–water partition coefficient (Wildman–Crippen LogP) is 5.18. The van der Waals surface area contributed by atoms with Crippen molar-refractivity contribution in [2.24, 2.45) is 0 Å². The van der Waals surface area contributed by atoms with Crippen LogP contribution in [0.25, 0.3) is 5.65 Å². The molecule has 7 nitrogen and oxygen atoms in total. The standard InChI is InChI=1S/C29H26F3N5O2/c1-19-3-4-21(15-20(19)5-7-23-17-34-27-18-33-11-14-37(23)27)28(38)35-22-6-8-26(25(16-22)29(30,31)32)39-24-9-12-36(2)13-10-24/h3-4,6,8,11,14-18,24H,9-10,12-13H2,1-2H3,(H,35,38). The number of nitrogens with one attached hydrogen (secondary N) is 1. The molecule has 2 aromatic carbocycles. The Kier molecular flexibility index (Phi) is 7.26. The number of nitrogens with zero attached hydrogens (tertiary/aromatic N) is 4. The van der Waals surface area contributed by atoms with Crippen molar-refractivity contribution in [3.8, 4) is 17.6 Å². The van der Waals surface area contributed by atoms with Crippen molar-refractivity contribution in [1.29, 1.82) is 0 Å². The molecule has 0 spiro atoms. The summed E-state index contributed by atoms with van der Waals surface area (Å²) in [5.74, 6) is 5.35. The number of benzene rings is 2. The number of fused-ring (bicyclic) bond motifs is 1. The number of anilines is 1. The Morgan fingerprint density at radius 2 is 1.90 bits per heavy atom. The summed E-state index contributed by atoms with van der Waals surface area (Å²) in [5, 5.41) is 2.58. The molecule has 0 atom stereocenters. The van der Waals surface area contributed by atoms with Gasteiger partial charge in [-0.2, -0.15) is 13.2 Å². The molecule has 1 amide bonds. The van der Waals surface area contributed by atoms with Crippen LogP contribution in [0.3, 0.4) is 0 Å². The lowest BCUT2D eigenvalue weighted by Crippen LogP contribution is -2.36. The molecule has 5 rings (SSSR count). The molecule has 2 aromatic heterocycles. The summed E-state index contributed by atoms with van der Waals surface area (Å²) in [4.78, 5) is 23.4. The number of alkyl halides is 3. The lowest BCUT2D eigenvalue weighted by Gasteiger charge is -2.30. The van der Waals surface area contributed by atoms with E-state index in [0.29, 0.717) is 29.7 Å². The predicted molar refractivity (Wildman–Crippen MR) is 141 cm³/mol. The fraction of sp³-hybridized carbons (Fsp3) is 0.276. The molecule has 1 N–H and O–H groups in total. The van der Waals surface area contributed by atoms with Gasteiger partial charge < -0.3 is 15.0 Å². The van der Waals surface area contributed by atoms with Gasteiger partial charge in [0.25, 0.3) is 5.91 Å². The molecule has 0 bridgehead atoms. The molecule has 0 unspecified atom stereocenters. The number of imidazole rings is 1. The molecule has 3 heterocycles. The number of halogens is 3. The normalized spacial score (nSPS) is 14.6. The molecular formula is C29H26F3N5O2. The van der Waals surface area contributed by atoms with E-state index in [1.165, 1.54) is 12.1 Å². The van der Waals surface area contributed by atoms with Gasteiger partial charge in [0.1, 0.15) is 17.5 Å². The van der Waals surface area contributed by atoms with Crippen LogP contribution < -0.4 is 10.1 Å². The highest BCUT2D eigenvalue weighted by Gasteiger charge is 2.36. The average Bonchev–Trinajstić information content (AvgIpc) is 3.33. The third-order valence-electron chi connectivity index (χ3n) is 6.64. The zero-order valence-corrected chi connectivity index (χ0v) is 21.4. The Morgan fingerprint density at radius 1 is 1.10 bits per heavy atom. The van der Waals surface area contributed by atoms with Gasteiger partial charge in [0.15, 0.2) is 5.65 Å². The first kappa shape index (κ1) is 26.3. The molecular weight excluding hydrogens is 507 g/mol. The van der Waals surface area contributed by atoms with Crippen molar-refractivity contribution in [2.75, 3.05) is 25.5 Å². The van der Waals surface area contributed by atoms with Crippen LogP contribution in [-0.2, 0) is 6.18 Å². The summed E-state index contributed by atoms with van der Waals surface area (Å²) in [5.41, 5.74) is 2.16. The molecule has 1 aliphatic rings. The van der Waals surface area contributed by atoms with E-state index in [4.69, 9.17) is 4.74 Å². The number of likely N-dealkylation sites (tertiary alicyclic amines) is 1. The Labute approximate surface area is 223 Å². The number of carbonyl (C=O) groups excluding carboxylic acids is 1. The molecule has 0 saturated carbocycles. The lowest BCUT2D eigenvalue weighted by atomic mass is 10.0. The SMILES string of the molecule is Cc1ccc(C(=O)Nc2ccc(OC3CCN(C)CC3)c(C(F)(F)F)c2)cc1C#Cc1cnc2cnccn12. The quantitative estimate of drug-likeness (QED) is 0.366. The molecule has 39 heavy (non-hydrogen) atoms. The van der Waals surface area contributed by atoms with Crippen molar-refractivity contribution < 1.29 is 22.7 Å². The molecule has 1 fully saturated rings. The molecule has 1 aliphatic heterocycles. The second-order valence-corrected chi connectivity index (χ2v) is 9.51. The topological polar surface area (TPSA) is 71.8 Å². The van der Waals surface area contributed by atoms with Crippen LogP contribution in [0.5, 0.6) is 5.75 Å². The van der Waals surface area contributed by atoms with Gasteiger partial charge in [0.05, 0.1) is 18.0 Å². The van der Waals surface area contributed by atoms with Gasteiger partial charge in [-0.15, -0.1) is 0 Å². The summed E-state index contributed by atoms with van der Waals surface area (Å²) >= 11 is 0.